The molecule has 2 aromatic heterocycles. The van der Waals surface area contributed by atoms with E-state index in [9.17, 15) is 0 Å². The van der Waals surface area contributed by atoms with Crippen molar-refractivity contribution in [3.05, 3.63) is 22.6 Å². The Hall–Kier alpha value is -1.38. The third kappa shape index (κ3) is 1.20. The molecule has 2 heterocycles. The van der Waals surface area contributed by atoms with E-state index in [1.54, 1.807) is 0 Å². The number of fused-ring (bicyclic) bond motifs is 1. The van der Waals surface area contributed by atoms with E-state index in [4.69, 9.17) is 0 Å². The van der Waals surface area contributed by atoms with Crippen molar-refractivity contribution in [2.24, 2.45) is 0 Å². The summed E-state index contributed by atoms with van der Waals surface area (Å²) in [6.07, 6.45) is 0.924. The molecule has 14 heavy (non-hydrogen) atoms. The van der Waals surface area contributed by atoms with Crippen molar-refractivity contribution in [3.63, 3.8) is 0 Å². The maximum atomic E-state index is 4.46. The second-order valence-electron chi connectivity index (χ2n) is 3.68. The number of nitrogens with zero attached hydrogens (tertiary/aromatic N) is 2. The first-order valence-electron chi connectivity index (χ1n) is 4.96. The lowest BCUT2D eigenvalue weighted by Gasteiger charge is -2.03. The molecule has 0 saturated carbocycles. The maximum Gasteiger partial charge on any atom is 0.178 e. The first kappa shape index (κ1) is 9.19. The minimum Gasteiger partial charge on any atom is -0.340 e. The average molecular weight is 189 g/mol. The van der Waals surface area contributed by atoms with Gasteiger partial charge in [-0.05, 0) is 31.9 Å². The van der Waals surface area contributed by atoms with Crippen LogP contribution in [0.15, 0.2) is 0 Å². The molecule has 2 rings (SSSR count). The number of nitrogens with one attached hydrogen (secondary N) is 1. The summed E-state index contributed by atoms with van der Waals surface area (Å²) in [7, 11) is 0. The molecule has 0 bridgehead atoms. The molecule has 3 nitrogen and oxygen atoms in total. The third-order valence-electron chi connectivity index (χ3n) is 2.82. The van der Waals surface area contributed by atoms with E-state index in [2.05, 4.69) is 35.7 Å². The molecular weight excluding hydrogens is 174 g/mol. The molecule has 1 N–H and O–H groups in total. The predicted molar refractivity (Wildman–Crippen MR) is 57.5 cm³/mol. The first-order valence-corrected chi connectivity index (χ1v) is 4.96. The minimum absolute atomic E-state index is 0.849. The van der Waals surface area contributed by atoms with E-state index in [-0.39, 0.29) is 0 Å². The Morgan fingerprint density at radius 3 is 2.43 bits per heavy atom. The molecule has 2 aromatic rings. The van der Waals surface area contributed by atoms with Crippen molar-refractivity contribution in [2.45, 2.75) is 34.1 Å². The van der Waals surface area contributed by atoms with Crippen LogP contribution < -0.4 is 0 Å². The van der Waals surface area contributed by atoms with Crippen molar-refractivity contribution < 1.29 is 0 Å². The maximum absolute atomic E-state index is 4.46. The van der Waals surface area contributed by atoms with Crippen LogP contribution in [-0.2, 0) is 6.42 Å². The Kier molecular flexibility index (Phi) is 2.02. The standard InChI is InChI=1S/C11H15N3/c1-5-9-13-10-7(3)6(2)8(4)12-11(10)14-9/h5H2,1-4H3,(H,12,13,14). The zero-order chi connectivity index (χ0) is 10.3. The summed E-state index contributed by atoms with van der Waals surface area (Å²) in [6.45, 7) is 8.34. The molecule has 0 amide bonds. The van der Waals surface area contributed by atoms with Gasteiger partial charge < -0.3 is 4.98 Å². The van der Waals surface area contributed by atoms with Gasteiger partial charge in [0.2, 0.25) is 0 Å². The van der Waals surface area contributed by atoms with Crippen LogP contribution in [-0.4, -0.2) is 15.0 Å². The predicted octanol–water partition coefficient (Wildman–Crippen LogP) is 2.45. The van der Waals surface area contributed by atoms with Gasteiger partial charge in [-0.15, -0.1) is 0 Å². The molecule has 0 aliphatic rings. The van der Waals surface area contributed by atoms with Gasteiger partial charge in [0, 0.05) is 12.1 Å². The summed E-state index contributed by atoms with van der Waals surface area (Å²) in [5.74, 6) is 1.01. The number of rotatable bonds is 1. The van der Waals surface area contributed by atoms with Crippen molar-refractivity contribution in [1.82, 2.24) is 15.0 Å². The van der Waals surface area contributed by atoms with Gasteiger partial charge in [0.05, 0.1) is 5.52 Å². The van der Waals surface area contributed by atoms with Gasteiger partial charge in [-0.1, -0.05) is 6.92 Å². The zero-order valence-electron chi connectivity index (χ0n) is 9.10. The number of aromatic amines is 1. The Labute approximate surface area is 83.6 Å². The van der Waals surface area contributed by atoms with Gasteiger partial charge in [-0.2, -0.15) is 0 Å². The number of hydrogen-bond donors (Lipinski definition) is 1. The molecule has 0 fully saturated rings. The average Bonchev–Trinajstić information content (AvgIpc) is 2.57. The highest BCUT2D eigenvalue weighted by atomic mass is 15.0. The van der Waals surface area contributed by atoms with Gasteiger partial charge >= 0.3 is 0 Å². The zero-order valence-corrected chi connectivity index (χ0v) is 9.10. The van der Waals surface area contributed by atoms with Crippen LogP contribution in [0, 0.1) is 20.8 Å². The summed E-state index contributed by atoms with van der Waals surface area (Å²) in [5, 5.41) is 0. The number of hydrogen-bond acceptors (Lipinski definition) is 2. The molecule has 0 saturated heterocycles. The van der Waals surface area contributed by atoms with E-state index < -0.39 is 0 Å². The van der Waals surface area contributed by atoms with Gasteiger partial charge in [-0.3, -0.25) is 0 Å². The highest BCUT2D eigenvalue weighted by Gasteiger charge is 2.09. The lowest BCUT2D eigenvalue weighted by molar-refractivity contribution is 0.996. The van der Waals surface area contributed by atoms with Crippen LogP contribution in [0.3, 0.4) is 0 Å². The summed E-state index contributed by atoms with van der Waals surface area (Å²) in [6, 6.07) is 0. The number of H-pyrrole nitrogens is 1. The molecule has 0 unspecified atom stereocenters. The lowest BCUT2D eigenvalue weighted by atomic mass is 10.1. The molecule has 0 spiro atoms. The van der Waals surface area contributed by atoms with Gasteiger partial charge in [0.1, 0.15) is 5.82 Å². The summed E-state index contributed by atoms with van der Waals surface area (Å²) < 4.78 is 0. The van der Waals surface area contributed by atoms with E-state index in [0.717, 1.165) is 29.1 Å². The highest BCUT2D eigenvalue weighted by Crippen LogP contribution is 2.19. The molecule has 0 aliphatic heterocycles. The molecule has 0 atom stereocenters. The van der Waals surface area contributed by atoms with Gasteiger partial charge in [0.25, 0.3) is 0 Å². The van der Waals surface area contributed by atoms with Crippen LogP contribution in [0.25, 0.3) is 11.2 Å². The van der Waals surface area contributed by atoms with Crippen LogP contribution in [0.1, 0.15) is 29.6 Å². The summed E-state index contributed by atoms with van der Waals surface area (Å²) in [5.41, 5.74) is 5.53. The van der Waals surface area contributed by atoms with E-state index in [0.29, 0.717) is 0 Å². The molecule has 0 aliphatic carbocycles. The molecule has 0 aromatic carbocycles. The van der Waals surface area contributed by atoms with E-state index in [1.165, 1.54) is 11.1 Å². The van der Waals surface area contributed by atoms with Crippen molar-refractivity contribution >= 4 is 11.2 Å². The topological polar surface area (TPSA) is 41.6 Å². The van der Waals surface area contributed by atoms with Crippen LogP contribution in [0.5, 0.6) is 0 Å². The second kappa shape index (κ2) is 3.08. The lowest BCUT2D eigenvalue weighted by Crippen LogP contribution is -1.92. The van der Waals surface area contributed by atoms with E-state index in [1.807, 2.05) is 6.92 Å². The third-order valence-corrected chi connectivity index (χ3v) is 2.82. The minimum atomic E-state index is 0.849. The van der Waals surface area contributed by atoms with Crippen LogP contribution in [0.4, 0.5) is 0 Å². The van der Waals surface area contributed by atoms with Gasteiger partial charge in [-0.25, -0.2) is 9.97 Å². The Morgan fingerprint density at radius 2 is 1.79 bits per heavy atom. The largest absolute Gasteiger partial charge is 0.340 e. The molecule has 0 radical (unpaired) electrons. The smallest absolute Gasteiger partial charge is 0.178 e. The summed E-state index contributed by atoms with van der Waals surface area (Å²) >= 11 is 0. The number of imidazole rings is 1. The molecular formula is C11H15N3. The van der Waals surface area contributed by atoms with E-state index >= 15 is 0 Å². The normalized spacial score (nSPS) is 11.1. The van der Waals surface area contributed by atoms with Crippen molar-refractivity contribution in [1.29, 1.82) is 0 Å². The van der Waals surface area contributed by atoms with Crippen molar-refractivity contribution in [3.8, 4) is 0 Å². The van der Waals surface area contributed by atoms with Crippen LogP contribution >= 0.6 is 0 Å². The van der Waals surface area contributed by atoms with Crippen LogP contribution in [0.2, 0.25) is 0 Å². The number of pyridine rings is 1. The Bertz CT molecular complexity index is 483. The monoisotopic (exact) mass is 189 g/mol. The van der Waals surface area contributed by atoms with Gasteiger partial charge in [0.15, 0.2) is 5.65 Å². The quantitative estimate of drug-likeness (QED) is 0.748. The fourth-order valence-electron chi connectivity index (χ4n) is 1.62. The molecule has 3 heteroatoms. The second-order valence-corrected chi connectivity index (χ2v) is 3.68. The fourth-order valence-corrected chi connectivity index (χ4v) is 1.62. The Balaban J connectivity index is 2.81. The highest BCUT2D eigenvalue weighted by molar-refractivity contribution is 5.76. The Morgan fingerprint density at radius 1 is 1.07 bits per heavy atom. The summed E-state index contributed by atoms with van der Waals surface area (Å²) in [4.78, 5) is 12.2. The first-order chi connectivity index (χ1) is 6.63. The number of aryl methyl sites for hydroxylation is 3. The SMILES string of the molecule is CCc1nc2nc(C)c(C)c(C)c2[nH]1. The number of aromatic nitrogens is 3. The molecule has 74 valence electrons. The van der Waals surface area contributed by atoms with Crippen molar-refractivity contribution in [2.75, 3.05) is 0 Å². The fraction of sp³-hybridized carbons (Fsp3) is 0.455.